The van der Waals surface area contributed by atoms with Crippen molar-refractivity contribution in [1.29, 1.82) is 5.26 Å². The second kappa shape index (κ2) is 5.92. The molecule has 0 amide bonds. The molecular weight excluding hydrogens is 353 g/mol. The van der Waals surface area contributed by atoms with E-state index >= 15 is 0 Å². The molecular formula is C11H6BrF3N6. The standard InChI is InChI=1S/C11H6BrF3N6/c12-7-1-2-8(11(13,14)15)9(3-7)17-5-6(4-16)10-18-20-21-19-10/h1-3,5,17H,(H,18,19,20,21). The van der Waals surface area contributed by atoms with Crippen LogP contribution in [0.2, 0.25) is 0 Å². The van der Waals surface area contributed by atoms with Crippen LogP contribution in [-0.4, -0.2) is 20.6 Å². The summed E-state index contributed by atoms with van der Waals surface area (Å²) in [5.41, 5.74) is -1.11. The fraction of sp³-hybridized carbons (Fsp3) is 0.0909. The maximum Gasteiger partial charge on any atom is 0.418 e. The second-order valence-corrected chi connectivity index (χ2v) is 4.65. The number of anilines is 1. The van der Waals surface area contributed by atoms with Gasteiger partial charge in [0.1, 0.15) is 11.6 Å². The largest absolute Gasteiger partial charge is 0.418 e. The Balaban J connectivity index is 2.36. The van der Waals surface area contributed by atoms with E-state index in [0.29, 0.717) is 4.47 Å². The van der Waals surface area contributed by atoms with Gasteiger partial charge in [-0.15, -0.1) is 10.2 Å². The van der Waals surface area contributed by atoms with Crippen LogP contribution in [0.4, 0.5) is 18.9 Å². The van der Waals surface area contributed by atoms with E-state index in [1.807, 2.05) is 0 Å². The molecule has 0 saturated carbocycles. The fourth-order valence-electron chi connectivity index (χ4n) is 1.46. The SMILES string of the molecule is N#CC(=CNc1cc(Br)ccc1C(F)(F)F)c1nn[nH]n1. The number of halogens is 4. The van der Waals surface area contributed by atoms with E-state index in [1.54, 1.807) is 6.07 Å². The Kier molecular flexibility index (Phi) is 4.23. The van der Waals surface area contributed by atoms with Crippen molar-refractivity contribution in [2.45, 2.75) is 6.18 Å². The Morgan fingerprint density at radius 1 is 1.43 bits per heavy atom. The molecule has 0 aliphatic carbocycles. The molecule has 10 heteroatoms. The average molecular weight is 359 g/mol. The molecule has 108 valence electrons. The lowest BCUT2D eigenvalue weighted by molar-refractivity contribution is -0.136. The van der Waals surface area contributed by atoms with E-state index in [1.165, 1.54) is 12.1 Å². The highest BCUT2D eigenvalue weighted by molar-refractivity contribution is 9.10. The summed E-state index contributed by atoms with van der Waals surface area (Å²) in [6.45, 7) is 0. The maximum absolute atomic E-state index is 12.9. The molecule has 0 fully saturated rings. The van der Waals surface area contributed by atoms with Crippen LogP contribution in [0.15, 0.2) is 28.9 Å². The Hall–Kier alpha value is -2.41. The van der Waals surface area contributed by atoms with Gasteiger partial charge < -0.3 is 5.32 Å². The number of nitriles is 1. The minimum absolute atomic E-state index is 0.0199. The molecule has 0 aliphatic rings. The first-order chi connectivity index (χ1) is 9.91. The lowest BCUT2D eigenvalue weighted by atomic mass is 10.1. The lowest BCUT2D eigenvalue weighted by Crippen LogP contribution is -2.08. The monoisotopic (exact) mass is 358 g/mol. The van der Waals surface area contributed by atoms with Crippen LogP contribution in [-0.2, 0) is 6.18 Å². The van der Waals surface area contributed by atoms with Gasteiger partial charge in [0.25, 0.3) is 0 Å². The van der Waals surface area contributed by atoms with Crippen molar-refractivity contribution >= 4 is 27.2 Å². The third-order valence-electron chi connectivity index (χ3n) is 2.37. The second-order valence-electron chi connectivity index (χ2n) is 3.74. The van der Waals surface area contributed by atoms with Crippen molar-refractivity contribution in [2.24, 2.45) is 0 Å². The minimum atomic E-state index is -4.52. The van der Waals surface area contributed by atoms with Crippen LogP contribution in [0.25, 0.3) is 5.57 Å². The first-order valence-corrected chi connectivity index (χ1v) is 6.18. The molecule has 2 rings (SSSR count). The summed E-state index contributed by atoms with van der Waals surface area (Å²) in [6, 6.07) is 5.23. The van der Waals surface area contributed by atoms with Crippen molar-refractivity contribution < 1.29 is 13.2 Å². The van der Waals surface area contributed by atoms with Gasteiger partial charge in [-0.05, 0) is 23.4 Å². The van der Waals surface area contributed by atoms with Gasteiger partial charge in [-0.2, -0.15) is 23.6 Å². The predicted octanol–water partition coefficient (Wildman–Crippen LogP) is 2.96. The zero-order valence-corrected chi connectivity index (χ0v) is 11.7. The molecule has 0 bridgehead atoms. The molecule has 0 atom stereocenters. The molecule has 1 aromatic heterocycles. The highest BCUT2D eigenvalue weighted by Gasteiger charge is 2.33. The van der Waals surface area contributed by atoms with Crippen LogP contribution in [0.5, 0.6) is 0 Å². The quantitative estimate of drug-likeness (QED) is 0.823. The Morgan fingerprint density at radius 2 is 2.19 bits per heavy atom. The summed E-state index contributed by atoms with van der Waals surface area (Å²) in [4.78, 5) is 0. The number of nitrogens with zero attached hydrogens (tertiary/aromatic N) is 4. The number of hydrogen-bond donors (Lipinski definition) is 2. The Labute approximate surface area is 124 Å². The topological polar surface area (TPSA) is 90.3 Å². The van der Waals surface area contributed by atoms with Crippen molar-refractivity contribution in [3.63, 3.8) is 0 Å². The smallest absolute Gasteiger partial charge is 0.360 e. The highest BCUT2D eigenvalue weighted by Crippen LogP contribution is 2.36. The molecule has 0 saturated heterocycles. The van der Waals surface area contributed by atoms with Crippen molar-refractivity contribution in [3.05, 3.63) is 40.3 Å². The van der Waals surface area contributed by atoms with Gasteiger partial charge in [-0.1, -0.05) is 15.9 Å². The number of alkyl halides is 3. The van der Waals surface area contributed by atoms with Gasteiger partial charge in [-0.25, -0.2) is 0 Å². The highest BCUT2D eigenvalue weighted by atomic mass is 79.9. The summed E-state index contributed by atoms with van der Waals surface area (Å²) >= 11 is 3.09. The maximum atomic E-state index is 12.9. The number of rotatable bonds is 3. The number of benzene rings is 1. The van der Waals surface area contributed by atoms with E-state index in [0.717, 1.165) is 12.3 Å². The fourth-order valence-corrected chi connectivity index (χ4v) is 1.82. The Morgan fingerprint density at radius 3 is 2.76 bits per heavy atom. The van der Waals surface area contributed by atoms with Gasteiger partial charge in [0, 0.05) is 10.7 Å². The molecule has 2 aromatic rings. The lowest BCUT2D eigenvalue weighted by Gasteiger charge is -2.13. The summed E-state index contributed by atoms with van der Waals surface area (Å²) in [5.74, 6) is -0.0199. The molecule has 0 aliphatic heterocycles. The zero-order valence-electron chi connectivity index (χ0n) is 10.1. The summed E-state index contributed by atoms with van der Waals surface area (Å²) in [5, 5.41) is 24.0. The summed E-state index contributed by atoms with van der Waals surface area (Å²) in [7, 11) is 0. The first kappa shape index (κ1) is 15.0. The van der Waals surface area contributed by atoms with Crippen LogP contribution >= 0.6 is 15.9 Å². The third-order valence-corrected chi connectivity index (χ3v) is 2.86. The molecule has 1 heterocycles. The number of hydrogen-bond acceptors (Lipinski definition) is 5. The molecule has 1 aromatic carbocycles. The van der Waals surface area contributed by atoms with E-state index in [4.69, 9.17) is 5.26 Å². The first-order valence-electron chi connectivity index (χ1n) is 5.39. The van der Waals surface area contributed by atoms with Crippen molar-refractivity contribution in [3.8, 4) is 6.07 Å². The molecule has 0 radical (unpaired) electrons. The van der Waals surface area contributed by atoms with E-state index in [-0.39, 0.29) is 17.1 Å². The Bertz CT molecular complexity index is 702. The molecule has 2 N–H and O–H groups in total. The van der Waals surface area contributed by atoms with Crippen LogP contribution in [0, 0.1) is 11.3 Å². The van der Waals surface area contributed by atoms with Crippen LogP contribution in [0.3, 0.4) is 0 Å². The van der Waals surface area contributed by atoms with Gasteiger partial charge in [0.15, 0.2) is 0 Å². The number of aromatic amines is 1. The number of tetrazole rings is 1. The molecule has 0 unspecified atom stereocenters. The normalized spacial score (nSPS) is 12.0. The van der Waals surface area contributed by atoms with Crippen molar-refractivity contribution in [1.82, 2.24) is 20.6 Å². The summed E-state index contributed by atoms with van der Waals surface area (Å²) < 4.78 is 39.1. The van der Waals surface area contributed by atoms with E-state index in [9.17, 15) is 13.2 Å². The van der Waals surface area contributed by atoms with Crippen molar-refractivity contribution in [2.75, 3.05) is 5.32 Å². The van der Waals surface area contributed by atoms with Gasteiger partial charge in [-0.3, -0.25) is 0 Å². The van der Waals surface area contributed by atoms with Crippen LogP contribution < -0.4 is 5.32 Å². The minimum Gasteiger partial charge on any atom is -0.360 e. The number of H-pyrrole nitrogens is 1. The predicted molar refractivity (Wildman–Crippen MR) is 70.5 cm³/mol. The third kappa shape index (κ3) is 3.57. The molecule has 6 nitrogen and oxygen atoms in total. The number of allylic oxidation sites excluding steroid dienone is 1. The number of nitrogens with one attached hydrogen (secondary N) is 2. The molecule has 0 spiro atoms. The zero-order chi connectivity index (χ0) is 15.5. The average Bonchev–Trinajstić information content (AvgIpc) is 2.92. The number of aromatic nitrogens is 4. The van der Waals surface area contributed by atoms with E-state index < -0.39 is 11.7 Å². The molecule has 21 heavy (non-hydrogen) atoms. The van der Waals surface area contributed by atoms with E-state index in [2.05, 4.69) is 41.9 Å². The van der Waals surface area contributed by atoms with Gasteiger partial charge in [0.05, 0.1) is 11.3 Å². The summed E-state index contributed by atoms with van der Waals surface area (Å²) in [6.07, 6.45) is -3.43. The van der Waals surface area contributed by atoms with Crippen LogP contribution in [0.1, 0.15) is 11.4 Å². The van der Waals surface area contributed by atoms with Gasteiger partial charge in [0.2, 0.25) is 5.82 Å². The van der Waals surface area contributed by atoms with Gasteiger partial charge >= 0.3 is 6.18 Å².